The van der Waals surface area contributed by atoms with Crippen molar-refractivity contribution in [3.8, 4) is 0 Å². The molecule has 1 amide bonds. The fraction of sp³-hybridized carbons (Fsp3) is 0.182. The number of carbonyl (C=O) groups is 1. The average Bonchev–Trinajstić information content (AvgIpc) is 3.32. The molecular formula is C33H30ClNO3. The van der Waals surface area contributed by atoms with Gasteiger partial charge in [-0.3, -0.25) is 4.79 Å². The molecule has 2 unspecified atom stereocenters. The van der Waals surface area contributed by atoms with Gasteiger partial charge in [0.1, 0.15) is 17.4 Å². The molecule has 0 aliphatic heterocycles. The highest BCUT2D eigenvalue weighted by Gasteiger charge is 2.21. The third kappa shape index (κ3) is 5.67. The van der Waals surface area contributed by atoms with E-state index in [1.165, 1.54) is 5.56 Å². The van der Waals surface area contributed by atoms with Gasteiger partial charge in [0, 0.05) is 17.5 Å². The van der Waals surface area contributed by atoms with Crippen LogP contribution in [0.15, 0.2) is 101 Å². The number of carbonyl (C=O) groups excluding carboxylic acids is 1. The highest BCUT2D eigenvalue weighted by atomic mass is 35.5. The molecule has 1 heterocycles. The van der Waals surface area contributed by atoms with Crippen LogP contribution in [0.2, 0.25) is 5.02 Å². The minimum Gasteiger partial charge on any atom is -0.458 e. The zero-order chi connectivity index (χ0) is 26.6. The molecule has 192 valence electrons. The van der Waals surface area contributed by atoms with Crippen LogP contribution in [0.4, 0.5) is 0 Å². The van der Waals surface area contributed by atoms with E-state index in [9.17, 15) is 4.79 Å². The minimum absolute atomic E-state index is 0.0437. The molecule has 0 fully saturated rings. The molecular weight excluding hydrogens is 494 g/mol. The lowest BCUT2D eigenvalue weighted by Crippen LogP contribution is -2.31. The second-order valence-electron chi connectivity index (χ2n) is 9.64. The standard InChI is InChI=1S/C33H30ClNO3/c1-21-9-15-28(22(2)17-21)32(24-7-5-4-6-8-24)35-31(36)19-23-10-16-29-26(18-23)20-30(38-29)33(37-3)25-11-13-27(34)14-12-25/h4-18,20,32-33H,19H2,1-3H3,(H,35,36). The van der Waals surface area contributed by atoms with E-state index in [2.05, 4.69) is 49.5 Å². The van der Waals surface area contributed by atoms with E-state index in [0.717, 1.165) is 38.8 Å². The molecule has 0 spiro atoms. The number of aryl methyl sites for hydroxylation is 2. The number of benzene rings is 4. The lowest BCUT2D eigenvalue weighted by Gasteiger charge is -2.22. The quantitative estimate of drug-likeness (QED) is 0.225. The molecule has 38 heavy (non-hydrogen) atoms. The van der Waals surface area contributed by atoms with E-state index in [0.29, 0.717) is 10.8 Å². The summed E-state index contributed by atoms with van der Waals surface area (Å²) in [6, 6.07) is 31.6. The number of ether oxygens (including phenoxy) is 1. The number of halogens is 1. The number of rotatable bonds is 8. The predicted molar refractivity (Wildman–Crippen MR) is 153 cm³/mol. The average molecular weight is 524 g/mol. The van der Waals surface area contributed by atoms with Crippen LogP contribution in [-0.4, -0.2) is 13.0 Å². The van der Waals surface area contributed by atoms with E-state index in [-0.39, 0.29) is 24.5 Å². The lowest BCUT2D eigenvalue weighted by atomic mass is 9.93. The Morgan fingerprint density at radius 1 is 0.895 bits per heavy atom. The predicted octanol–water partition coefficient (Wildman–Crippen LogP) is 7.89. The van der Waals surface area contributed by atoms with E-state index in [4.69, 9.17) is 20.8 Å². The Balaban J connectivity index is 1.37. The number of methoxy groups -OCH3 is 1. The number of hydrogen-bond donors (Lipinski definition) is 1. The molecule has 0 aliphatic carbocycles. The smallest absolute Gasteiger partial charge is 0.225 e. The first kappa shape index (κ1) is 25.8. The number of amides is 1. The van der Waals surface area contributed by atoms with E-state index >= 15 is 0 Å². The molecule has 0 aliphatic rings. The largest absolute Gasteiger partial charge is 0.458 e. The summed E-state index contributed by atoms with van der Waals surface area (Å²) in [5.41, 5.74) is 7.11. The Kier molecular flexibility index (Phi) is 7.64. The van der Waals surface area contributed by atoms with Crippen LogP contribution in [0.3, 0.4) is 0 Å². The van der Waals surface area contributed by atoms with Crippen LogP contribution >= 0.6 is 11.6 Å². The molecule has 5 aromatic rings. The summed E-state index contributed by atoms with van der Waals surface area (Å²) < 4.78 is 11.8. The Morgan fingerprint density at radius 3 is 2.37 bits per heavy atom. The molecule has 2 atom stereocenters. The van der Waals surface area contributed by atoms with Crippen molar-refractivity contribution >= 4 is 28.5 Å². The maximum Gasteiger partial charge on any atom is 0.225 e. The van der Waals surface area contributed by atoms with Crippen LogP contribution < -0.4 is 5.32 Å². The van der Waals surface area contributed by atoms with Crippen LogP contribution in [-0.2, 0) is 16.0 Å². The molecule has 5 heteroatoms. The Labute approximate surface area is 228 Å². The summed E-state index contributed by atoms with van der Waals surface area (Å²) in [6.45, 7) is 4.17. The molecule has 0 bridgehead atoms. The monoisotopic (exact) mass is 523 g/mol. The third-order valence-electron chi connectivity index (χ3n) is 6.81. The fourth-order valence-electron chi connectivity index (χ4n) is 4.94. The summed E-state index contributed by atoms with van der Waals surface area (Å²) in [6.07, 6.45) is -0.0916. The summed E-state index contributed by atoms with van der Waals surface area (Å²) in [5, 5.41) is 4.87. The van der Waals surface area contributed by atoms with E-state index in [1.807, 2.05) is 66.7 Å². The normalized spacial score (nSPS) is 12.8. The topological polar surface area (TPSA) is 51.5 Å². The van der Waals surface area contributed by atoms with Gasteiger partial charge in [-0.25, -0.2) is 0 Å². The van der Waals surface area contributed by atoms with Crippen molar-refractivity contribution < 1.29 is 13.9 Å². The van der Waals surface area contributed by atoms with Crippen molar-refractivity contribution in [1.29, 1.82) is 0 Å². The number of fused-ring (bicyclic) bond motifs is 1. The first-order valence-electron chi connectivity index (χ1n) is 12.6. The molecule has 0 saturated carbocycles. The molecule has 1 aromatic heterocycles. The van der Waals surface area contributed by atoms with E-state index < -0.39 is 0 Å². The van der Waals surface area contributed by atoms with Gasteiger partial charge in [0.05, 0.1) is 12.5 Å². The summed E-state index contributed by atoms with van der Waals surface area (Å²) in [4.78, 5) is 13.3. The van der Waals surface area contributed by atoms with Gasteiger partial charge in [0.2, 0.25) is 5.91 Å². The summed E-state index contributed by atoms with van der Waals surface area (Å²) >= 11 is 6.05. The molecule has 0 radical (unpaired) electrons. The number of furan rings is 1. The van der Waals surface area contributed by atoms with Gasteiger partial charge >= 0.3 is 0 Å². The maximum absolute atomic E-state index is 13.3. The highest BCUT2D eigenvalue weighted by Crippen LogP contribution is 2.32. The Hall–Kier alpha value is -3.86. The van der Waals surface area contributed by atoms with Gasteiger partial charge < -0.3 is 14.5 Å². The third-order valence-corrected chi connectivity index (χ3v) is 7.06. The lowest BCUT2D eigenvalue weighted by molar-refractivity contribution is -0.120. The molecule has 1 N–H and O–H groups in total. The zero-order valence-electron chi connectivity index (χ0n) is 21.7. The van der Waals surface area contributed by atoms with Gasteiger partial charge in [-0.15, -0.1) is 0 Å². The maximum atomic E-state index is 13.3. The fourth-order valence-corrected chi connectivity index (χ4v) is 5.07. The molecule has 5 rings (SSSR count). The van der Waals surface area contributed by atoms with Crippen molar-refractivity contribution in [2.45, 2.75) is 32.4 Å². The van der Waals surface area contributed by atoms with Gasteiger partial charge in [-0.2, -0.15) is 0 Å². The van der Waals surface area contributed by atoms with Crippen molar-refractivity contribution in [1.82, 2.24) is 5.32 Å². The Bertz CT molecular complexity index is 1560. The van der Waals surface area contributed by atoms with Gasteiger partial charge in [0.15, 0.2) is 0 Å². The minimum atomic E-state index is -0.351. The Morgan fingerprint density at radius 2 is 1.66 bits per heavy atom. The number of nitrogens with one attached hydrogen (secondary N) is 1. The second kappa shape index (κ2) is 11.3. The number of hydrogen-bond acceptors (Lipinski definition) is 3. The summed E-state index contributed by atoms with van der Waals surface area (Å²) in [7, 11) is 1.65. The second-order valence-corrected chi connectivity index (χ2v) is 10.1. The molecule has 0 saturated heterocycles. The van der Waals surface area contributed by atoms with Crippen molar-refractivity contribution in [3.05, 3.63) is 141 Å². The SMILES string of the molecule is COC(c1ccc(Cl)cc1)c1cc2cc(CC(=O)NC(c3ccccc3)c3ccc(C)cc3C)ccc2o1. The van der Waals surface area contributed by atoms with Gasteiger partial charge in [-0.05, 0) is 72.0 Å². The van der Waals surface area contributed by atoms with Crippen molar-refractivity contribution in [2.24, 2.45) is 0 Å². The van der Waals surface area contributed by atoms with Gasteiger partial charge in [0.25, 0.3) is 0 Å². The molecule has 4 nitrogen and oxygen atoms in total. The van der Waals surface area contributed by atoms with Gasteiger partial charge in [-0.1, -0.05) is 83.9 Å². The van der Waals surface area contributed by atoms with Crippen LogP contribution in [0.5, 0.6) is 0 Å². The van der Waals surface area contributed by atoms with Crippen molar-refractivity contribution in [2.75, 3.05) is 7.11 Å². The van der Waals surface area contributed by atoms with Crippen LogP contribution in [0.25, 0.3) is 11.0 Å². The highest BCUT2D eigenvalue weighted by molar-refractivity contribution is 6.30. The first-order valence-corrected chi connectivity index (χ1v) is 13.0. The van der Waals surface area contributed by atoms with E-state index in [1.54, 1.807) is 7.11 Å². The van der Waals surface area contributed by atoms with Crippen LogP contribution in [0.1, 0.15) is 51.3 Å². The zero-order valence-corrected chi connectivity index (χ0v) is 22.5. The van der Waals surface area contributed by atoms with Crippen LogP contribution in [0, 0.1) is 13.8 Å². The summed E-state index contributed by atoms with van der Waals surface area (Å²) in [5.74, 6) is 0.656. The molecule has 4 aromatic carbocycles. The van der Waals surface area contributed by atoms with Crippen molar-refractivity contribution in [3.63, 3.8) is 0 Å². The first-order chi connectivity index (χ1) is 18.4.